The average molecular weight is 207 g/mol. The van der Waals surface area contributed by atoms with Crippen LogP contribution in [0.1, 0.15) is 37.7 Å². The third-order valence-electron chi connectivity index (χ3n) is 2.33. The van der Waals surface area contributed by atoms with E-state index in [4.69, 9.17) is 0 Å². The number of nitrogens with zero attached hydrogens (tertiary/aromatic N) is 1. The summed E-state index contributed by atoms with van der Waals surface area (Å²) in [6.07, 6.45) is 1.07. The Balaban J connectivity index is 2.65. The SMILES string of the molecule is CC(C)(C)C(O)CC(=O)c1ccccn1. The van der Waals surface area contributed by atoms with Crippen LogP contribution >= 0.6 is 0 Å². The number of hydrogen-bond acceptors (Lipinski definition) is 3. The fourth-order valence-corrected chi connectivity index (χ4v) is 1.11. The van der Waals surface area contributed by atoms with Crippen LogP contribution in [0.3, 0.4) is 0 Å². The zero-order chi connectivity index (χ0) is 11.5. The first-order chi connectivity index (χ1) is 6.91. The Labute approximate surface area is 90.2 Å². The molecule has 3 nitrogen and oxygen atoms in total. The van der Waals surface area contributed by atoms with Crippen molar-refractivity contribution in [2.45, 2.75) is 33.3 Å². The molecule has 1 heterocycles. The van der Waals surface area contributed by atoms with E-state index in [1.807, 2.05) is 20.8 Å². The number of aliphatic hydroxyl groups excluding tert-OH is 1. The zero-order valence-corrected chi connectivity index (χ0v) is 9.40. The van der Waals surface area contributed by atoms with Gasteiger partial charge in [0, 0.05) is 12.6 Å². The molecule has 15 heavy (non-hydrogen) atoms. The van der Waals surface area contributed by atoms with E-state index in [0.29, 0.717) is 5.69 Å². The van der Waals surface area contributed by atoms with Gasteiger partial charge in [0.15, 0.2) is 5.78 Å². The van der Waals surface area contributed by atoms with Gasteiger partial charge in [-0.3, -0.25) is 9.78 Å². The van der Waals surface area contributed by atoms with Crippen molar-refractivity contribution in [3.63, 3.8) is 0 Å². The smallest absolute Gasteiger partial charge is 0.183 e. The van der Waals surface area contributed by atoms with Gasteiger partial charge in [-0.1, -0.05) is 26.8 Å². The average Bonchev–Trinajstić information content (AvgIpc) is 2.17. The van der Waals surface area contributed by atoms with Gasteiger partial charge in [-0.2, -0.15) is 0 Å². The van der Waals surface area contributed by atoms with Crippen molar-refractivity contribution >= 4 is 5.78 Å². The highest BCUT2D eigenvalue weighted by Crippen LogP contribution is 2.22. The van der Waals surface area contributed by atoms with Crippen LogP contribution in [0.5, 0.6) is 0 Å². The molecular formula is C12H17NO2. The van der Waals surface area contributed by atoms with Crippen LogP contribution in [0, 0.1) is 5.41 Å². The molecule has 82 valence electrons. The van der Waals surface area contributed by atoms with E-state index in [-0.39, 0.29) is 17.6 Å². The lowest BCUT2D eigenvalue weighted by Gasteiger charge is -2.24. The molecule has 0 aliphatic rings. The Hall–Kier alpha value is -1.22. The van der Waals surface area contributed by atoms with Crippen LogP contribution in [0.4, 0.5) is 0 Å². The van der Waals surface area contributed by atoms with E-state index in [1.54, 1.807) is 24.4 Å². The van der Waals surface area contributed by atoms with Gasteiger partial charge in [0.1, 0.15) is 5.69 Å². The van der Waals surface area contributed by atoms with Gasteiger partial charge in [-0.05, 0) is 17.5 Å². The maximum atomic E-state index is 11.7. The van der Waals surface area contributed by atoms with Crippen LogP contribution in [0.15, 0.2) is 24.4 Å². The standard InChI is InChI=1S/C12H17NO2/c1-12(2,3)11(15)8-10(14)9-6-4-5-7-13-9/h4-7,11,15H,8H2,1-3H3. The van der Waals surface area contributed by atoms with Gasteiger partial charge >= 0.3 is 0 Å². The van der Waals surface area contributed by atoms with E-state index in [2.05, 4.69) is 4.98 Å². The summed E-state index contributed by atoms with van der Waals surface area (Å²) in [6, 6.07) is 5.19. The topological polar surface area (TPSA) is 50.2 Å². The number of rotatable bonds is 3. The predicted molar refractivity (Wildman–Crippen MR) is 58.6 cm³/mol. The Morgan fingerprint density at radius 1 is 1.47 bits per heavy atom. The molecule has 3 heteroatoms. The lowest BCUT2D eigenvalue weighted by atomic mass is 9.86. The van der Waals surface area contributed by atoms with Crippen LogP contribution in [0.25, 0.3) is 0 Å². The summed E-state index contributed by atoms with van der Waals surface area (Å²) < 4.78 is 0. The molecule has 1 unspecified atom stereocenters. The number of carbonyl (C=O) groups is 1. The minimum atomic E-state index is -0.632. The van der Waals surface area contributed by atoms with E-state index in [9.17, 15) is 9.90 Å². The molecule has 0 radical (unpaired) electrons. The van der Waals surface area contributed by atoms with Crippen LogP contribution < -0.4 is 0 Å². The number of pyridine rings is 1. The molecule has 0 spiro atoms. The van der Waals surface area contributed by atoms with Crippen molar-refractivity contribution in [3.8, 4) is 0 Å². The molecule has 0 saturated carbocycles. The van der Waals surface area contributed by atoms with Crippen LogP contribution in [-0.4, -0.2) is 22.0 Å². The molecule has 1 aromatic heterocycles. The molecule has 0 aliphatic carbocycles. The highest BCUT2D eigenvalue weighted by molar-refractivity contribution is 5.94. The Bertz CT molecular complexity index is 327. The molecule has 0 aliphatic heterocycles. The Morgan fingerprint density at radius 3 is 2.60 bits per heavy atom. The molecule has 1 atom stereocenters. The quantitative estimate of drug-likeness (QED) is 0.772. The number of Topliss-reactive ketones (excluding diaryl/α,β-unsaturated/α-hetero) is 1. The second-order valence-corrected chi connectivity index (χ2v) is 4.72. The maximum absolute atomic E-state index is 11.7. The van der Waals surface area contributed by atoms with E-state index >= 15 is 0 Å². The van der Waals surface area contributed by atoms with E-state index in [0.717, 1.165) is 0 Å². The van der Waals surface area contributed by atoms with Crippen molar-refractivity contribution in [2.75, 3.05) is 0 Å². The minimum absolute atomic E-state index is 0.113. The lowest BCUT2D eigenvalue weighted by Crippen LogP contribution is -2.28. The lowest BCUT2D eigenvalue weighted by molar-refractivity contribution is 0.0492. The van der Waals surface area contributed by atoms with Gasteiger partial charge in [0.05, 0.1) is 6.10 Å². The van der Waals surface area contributed by atoms with Crippen molar-refractivity contribution in [1.82, 2.24) is 4.98 Å². The fourth-order valence-electron chi connectivity index (χ4n) is 1.11. The van der Waals surface area contributed by atoms with Gasteiger partial charge in [0.2, 0.25) is 0 Å². The number of hydrogen-bond donors (Lipinski definition) is 1. The highest BCUT2D eigenvalue weighted by atomic mass is 16.3. The minimum Gasteiger partial charge on any atom is -0.392 e. The summed E-state index contributed by atoms with van der Waals surface area (Å²) in [4.78, 5) is 15.6. The van der Waals surface area contributed by atoms with Gasteiger partial charge < -0.3 is 5.11 Å². The first-order valence-electron chi connectivity index (χ1n) is 5.03. The predicted octanol–water partition coefficient (Wildman–Crippen LogP) is 2.06. The molecule has 0 amide bonds. The van der Waals surface area contributed by atoms with E-state index < -0.39 is 6.10 Å². The largest absolute Gasteiger partial charge is 0.392 e. The fraction of sp³-hybridized carbons (Fsp3) is 0.500. The maximum Gasteiger partial charge on any atom is 0.183 e. The molecule has 1 N–H and O–H groups in total. The summed E-state index contributed by atoms with van der Waals surface area (Å²) in [5, 5.41) is 9.77. The van der Waals surface area contributed by atoms with Crippen molar-refractivity contribution in [1.29, 1.82) is 0 Å². The Morgan fingerprint density at radius 2 is 2.13 bits per heavy atom. The van der Waals surface area contributed by atoms with Crippen molar-refractivity contribution in [3.05, 3.63) is 30.1 Å². The molecule has 1 rings (SSSR count). The monoisotopic (exact) mass is 207 g/mol. The van der Waals surface area contributed by atoms with Gasteiger partial charge in [0.25, 0.3) is 0 Å². The van der Waals surface area contributed by atoms with Crippen molar-refractivity contribution < 1.29 is 9.90 Å². The summed E-state index contributed by atoms with van der Waals surface area (Å²) in [7, 11) is 0. The number of ketones is 1. The van der Waals surface area contributed by atoms with Gasteiger partial charge in [-0.25, -0.2) is 0 Å². The molecule has 0 aromatic carbocycles. The summed E-state index contributed by atoms with van der Waals surface area (Å²) in [5.41, 5.74) is 0.144. The third-order valence-corrected chi connectivity index (χ3v) is 2.33. The van der Waals surface area contributed by atoms with Crippen LogP contribution in [0.2, 0.25) is 0 Å². The molecule has 0 fully saturated rings. The van der Waals surface area contributed by atoms with E-state index in [1.165, 1.54) is 0 Å². The second-order valence-electron chi connectivity index (χ2n) is 4.72. The molecule has 0 bridgehead atoms. The Kier molecular flexibility index (Phi) is 3.58. The summed E-state index contributed by atoms with van der Waals surface area (Å²) in [6.45, 7) is 5.72. The molecular weight excluding hydrogens is 190 g/mol. The molecule has 1 aromatic rings. The summed E-state index contributed by atoms with van der Waals surface area (Å²) in [5.74, 6) is -0.113. The van der Waals surface area contributed by atoms with Gasteiger partial charge in [-0.15, -0.1) is 0 Å². The number of aliphatic hydroxyl groups is 1. The van der Waals surface area contributed by atoms with Crippen LogP contribution in [-0.2, 0) is 0 Å². The second kappa shape index (κ2) is 4.53. The zero-order valence-electron chi connectivity index (χ0n) is 9.40. The molecule has 0 saturated heterocycles. The first kappa shape index (κ1) is 11.9. The van der Waals surface area contributed by atoms with Crippen molar-refractivity contribution in [2.24, 2.45) is 5.41 Å². The summed E-state index contributed by atoms with van der Waals surface area (Å²) >= 11 is 0. The third kappa shape index (κ3) is 3.44. The number of aromatic nitrogens is 1. The first-order valence-corrected chi connectivity index (χ1v) is 5.03. The number of carbonyl (C=O) groups excluding carboxylic acids is 1. The normalized spacial score (nSPS) is 13.6. The highest BCUT2D eigenvalue weighted by Gasteiger charge is 2.25.